The van der Waals surface area contributed by atoms with Crippen LogP contribution >= 0.6 is 11.3 Å². The number of carbonyl (C=O) groups excluding carboxylic acids is 2. The van der Waals surface area contributed by atoms with Gasteiger partial charge in [0.1, 0.15) is 10.8 Å². The van der Waals surface area contributed by atoms with E-state index in [1.165, 1.54) is 18.4 Å². The zero-order valence-corrected chi connectivity index (χ0v) is 19.8. The van der Waals surface area contributed by atoms with Gasteiger partial charge in [0.15, 0.2) is 0 Å². The fraction of sp³-hybridized carbons (Fsp3) is 0.222. The van der Waals surface area contributed by atoms with Crippen LogP contribution in [0.3, 0.4) is 0 Å². The Morgan fingerprint density at radius 3 is 2.53 bits per heavy atom. The van der Waals surface area contributed by atoms with Crippen molar-refractivity contribution in [3.8, 4) is 17.0 Å². The summed E-state index contributed by atoms with van der Waals surface area (Å²) in [5.41, 5.74) is 4.28. The third kappa shape index (κ3) is 4.03. The summed E-state index contributed by atoms with van der Waals surface area (Å²) >= 11 is 1.48. The Morgan fingerprint density at radius 1 is 1.00 bits per heavy atom. The van der Waals surface area contributed by atoms with Gasteiger partial charge in [-0.2, -0.15) is 0 Å². The molecule has 0 saturated carbocycles. The van der Waals surface area contributed by atoms with Crippen LogP contribution in [-0.2, 0) is 17.6 Å². The first kappa shape index (κ1) is 22.1. The Kier molecular flexibility index (Phi) is 6.02. The molecular weight excluding hydrogens is 448 g/mol. The molecule has 0 spiro atoms. The standard InChI is InChI=1S/C27H24N2O4S/c1-32-17-13-11-16(12-14-17)22-15-20(18-7-3-5-9-21(18)28-22)25(30)29-26-24(27(31)33-2)19-8-4-6-10-23(19)34-26/h3,5,7,9,11-15H,4,6,8,10H2,1-2H3,(H,29,30). The summed E-state index contributed by atoms with van der Waals surface area (Å²) in [7, 11) is 3.00. The summed E-state index contributed by atoms with van der Waals surface area (Å²) in [6.07, 6.45) is 3.86. The average Bonchev–Trinajstić information content (AvgIpc) is 3.25. The number of carbonyl (C=O) groups is 2. The molecule has 6 nitrogen and oxygen atoms in total. The Labute approximate surface area is 201 Å². The highest BCUT2D eigenvalue weighted by molar-refractivity contribution is 7.17. The zero-order valence-electron chi connectivity index (χ0n) is 19.0. The van der Waals surface area contributed by atoms with Crippen LogP contribution in [0.25, 0.3) is 22.2 Å². The number of nitrogens with one attached hydrogen (secondary N) is 1. The van der Waals surface area contributed by atoms with Crippen molar-refractivity contribution in [3.05, 3.63) is 76.2 Å². The number of aryl methyl sites for hydroxylation is 1. The predicted molar refractivity (Wildman–Crippen MR) is 134 cm³/mol. The minimum atomic E-state index is -0.409. The van der Waals surface area contributed by atoms with Crippen molar-refractivity contribution in [3.63, 3.8) is 0 Å². The van der Waals surface area contributed by atoms with Crippen LogP contribution in [0.15, 0.2) is 54.6 Å². The Hall–Kier alpha value is -3.71. The second-order valence-electron chi connectivity index (χ2n) is 8.16. The third-order valence-electron chi connectivity index (χ3n) is 6.13. The molecule has 5 rings (SSSR count). The first-order valence-corrected chi connectivity index (χ1v) is 12.0. The third-order valence-corrected chi connectivity index (χ3v) is 7.34. The lowest BCUT2D eigenvalue weighted by Gasteiger charge is -2.12. The van der Waals surface area contributed by atoms with E-state index in [9.17, 15) is 9.59 Å². The summed E-state index contributed by atoms with van der Waals surface area (Å²) in [5.74, 6) is 0.0600. The van der Waals surface area contributed by atoms with E-state index in [1.54, 1.807) is 13.2 Å². The number of anilines is 1. The van der Waals surface area contributed by atoms with Gasteiger partial charge in [0, 0.05) is 15.8 Å². The molecule has 1 aliphatic carbocycles. The smallest absolute Gasteiger partial charge is 0.341 e. The van der Waals surface area contributed by atoms with Gasteiger partial charge in [-0.05, 0) is 67.6 Å². The van der Waals surface area contributed by atoms with Gasteiger partial charge >= 0.3 is 5.97 Å². The summed E-state index contributed by atoms with van der Waals surface area (Å²) in [6.45, 7) is 0. The molecule has 0 aliphatic heterocycles. The SMILES string of the molecule is COC(=O)c1c(NC(=O)c2cc(-c3ccc(OC)cc3)nc3ccccc23)sc2c1CCCC2. The van der Waals surface area contributed by atoms with Crippen LogP contribution in [0.4, 0.5) is 5.00 Å². The maximum absolute atomic E-state index is 13.6. The number of hydrogen-bond acceptors (Lipinski definition) is 6. The van der Waals surface area contributed by atoms with Crippen molar-refractivity contribution < 1.29 is 19.1 Å². The number of aromatic nitrogens is 1. The highest BCUT2D eigenvalue weighted by Crippen LogP contribution is 2.39. The Balaban J connectivity index is 1.57. The van der Waals surface area contributed by atoms with Crippen LogP contribution in [0.2, 0.25) is 0 Å². The van der Waals surface area contributed by atoms with Gasteiger partial charge in [0.05, 0.1) is 36.6 Å². The van der Waals surface area contributed by atoms with Gasteiger partial charge in [-0.15, -0.1) is 11.3 Å². The highest BCUT2D eigenvalue weighted by Gasteiger charge is 2.27. The van der Waals surface area contributed by atoms with E-state index in [0.717, 1.165) is 58.3 Å². The molecule has 0 atom stereocenters. The molecular formula is C27H24N2O4S. The van der Waals surface area contributed by atoms with Crippen molar-refractivity contribution in [2.45, 2.75) is 25.7 Å². The van der Waals surface area contributed by atoms with Crippen LogP contribution < -0.4 is 10.1 Å². The van der Waals surface area contributed by atoms with E-state index < -0.39 is 5.97 Å². The second-order valence-corrected chi connectivity index (χ2v) is 9.27. The monoisotopic (exact) mass is 472 g/mol. The quantitative estimate of drug-likeness (QED) is 0.367. The summed E-state index contributed by atoms with van der Waals surface area (Å²) in [6, 6.07) is 16.9. The van der Waals surface area contributed by atoms with Gasteiger partial charge in [-0.25, -0.2) is 9.78 Å². The number of para-hydroxylation sites is 1. The van der Waals surface area contributed by atoms with Crippen LogP contribution in [-0.4, -0.2) is 31.1 Å². The number of nitrogens with zero attached hydrogens (tertiary/aromatic N) is 1. The number of rotatable bonds is 5. The number of fused-ring (bicyclic) bond motifs is 2. The molecule has 1 N–H and O–H groups in total. The van der Waals surface area contributed by atoms with Crippen LogP contribution in [0.5, 0.6) is 5.75 Å². The van der Waals surface area contributed by atoms with E-state index in [4.69, 9.17) is 14.5 Å². The molecule has 34 heavy (non-hydrogen) atoms. The molecule has 0 saturated heterocycles. The van der Waals surface area contributed by atoms with Gasteiger partial charge in [-0.1, -0.05) is 18.2 Å². The number of ether oxygens (including phenoxy) is 2. The number of esters is 1. The molecule has 172 valence electrons. The number of hydrogen-bond donors (Lipinski definition) is 1. The lowest BCUT2D eigenvalue weighted by atomic mass is 9.95. The molecule has 1 aliphatic rings. The number of amides is 1. The second kappa shape index (κ2) is 9.27. The van der Waals surface area contributed by atoms with E-state index in [2.05, 4.69) is 5.32 Å². The normalized spacial score (nSPS) is 12.8. The van der Waals surface area contributed by atoms with Crippen molar-refractivity contribution in [1.29, 1.82) is 0 Å². The van der Waals surface area contributed by atoms with Crippen molar-refractivity contribution >= 4 is 39.1 Å². The van der Waals surface area contributed by atoms with E-state index in [1.807, 2.05) is 48.5 Å². The first-order chi connectivity index (χ1) is 16.6. The number of pyridine rings is 1. The van der Waals surface area contributed by atoms with Gasteiger partial charge in [0.25, 0.3) is 5.91 Å². The fourth-order valence-electron chi connectivity index (χ4n) is 4.42. The largest absolute Gasteiger partial charge is 0.497 e. The lowest BCUT2D eigenvalue weighted by molar-refractivity contribution is 0.0601. The molecule has 0 fully saturated rings. The molecule has 2 heterocycles. The van der Waals surface area contributed by atoms with Crippen molar-refractivity contribution in [2.24, 2.45) is 0 Å². The molecule has 1 amide bonds. The number of benzene rings is 2. The van der Waals surface area contributed by atoms with E-state index in [-0.39, 0.29) is 5.91 Å². The minimum absolute atomic E-state index is 0.280. The number of methoxy groups -OCH3 is 2. The molecule has 2 aromatic carbocycles. The summed E-state index contributed by atoms with van der Waals surface area (Å²) in [4.78, 5) is 32.1. The van der Waals surface area contributed by atoms with Gasteiger partial charge in [-0.3, -0.25) is 4.79 Å². The van der Waals surface area contributed by atoms with Gasteiger partial charge < -0.3 is 14.8 Å². The highest BCUT2D eigenvalue weighted by atomic mass is 32.1. The average molecular weight is 473 g/mol. The van der Waals surface area contributed by atoms with Crippen LogP contribution in [0, 0.1) is 0 Å². The van der Waals surface area contributed by atoms with Crippen molar-refractivity contribution in [1.82, 2.24) is 4.98 Å². The predicted octanol–water partition coefficient (Wildman–Crippen LogP) is 5.89. The molecule has 4 aromatic rings. The summed E-state index contributed by atoms with van der Waals surface area (Å²) < 4.78 is 10.3. The zero-order chi connectivity index (χ0) is 23.7. The molecule has 0 unspecified atom stereocenters. The number of thiophene rings is 1. The topological polar surface area (TPSA) is 77.5 Å². The molecule has 0 radical (unpaired) electrons. The first-order valence-electron chi connectivity index (χ1n) is 11.2. The Morgan fingerprint density at radius 2 is 1.76 bits per heavy atom. The van der Waals surface area contributed by atoms with Crippen molar-refractivity contribution in [2.75, 3.05) is 19.5 Å². The fourth-order valence-corrected chi connectivity index (χ4v) is 5.69. The van der Waals surface area contributed by atoms with Gasteiger partial charge in [0.2, 0.25) is 0 Å². The molecule has 2 aromatic heterocycles. The lowest BCUT2D eigenvalue weighted by Crippen LogP contribution is -2.16. The maximum Gasteiger partial charge on any atom is 0.341 e. The summed E-state index contributed by atoms with van der Waals surface area (Å²) in [5, 5.41) is 4.32. The van der Waals surface area contributed by atoms with E-state index in [0.29, 0.717) is 21.8 Å². The van der Waals surface area contributed by atoms with E-state index >= 15 is 0 Å². The Bertz CT molecular complexity index is 1390. The minimum Gasteiger partial charge on any atom is -0.497 e. The van der Waals surface area contributed by atoms with Crippen LogP contribution in [0.1, 0.15) is 44.0 Å². The molecule has 0 bridgehead atoms. The maximum atomic E-state index is 13.6. The molecule has 7 heteroatoms.